The summed E-state index contributed by atoms with van der Waals surface area (Å²) in [6.07, 6.45) is 0.155. The summed E-state index contributed by atoms with van der Waals surface area (Å²) >= 11 is 0. The summed E-state index contributed by atoms with van der Waals surface area (Å²) in [6.45, 7) is 9.00. The fourth-order valence-corrected chi connectivity index (χ4v) is 2.61. The number of carbonyl (C=O) groups excluding carboxylic acids is 2. The van der Waals surface area contributed by atoms with Crippen molar-refractivity contribution >= 4 is 28.9 Å². The Morgan fingerprint density at radius 3 is 2.50 bits per heavy atom. The first-order valence-electron chi connectivity index (χ1n) is 8.18. The third-order valence-corrected chi connectivity index (χ3v) is 4.05. The van der Waals surface area contributed by atoms with E-state index in [1.54, 1.807) is 50.2 Å². The van der Waals surface area contributed by atoms with E-state index in [2.05, 4.69) is 18.0 Å². The van der Waals surface area contributed by atoms with Crippen LogP contribution in [0, 0.1) is 11.3 Å². The van der Waals surface area contributed by atoms with E-state index >= 15 is 0 Å². The second kappa shape index (κ2) is 8.17. The maximum absolute atomic E-state index is 12.6. The number of allylic oxidation sites excluding steroid dienone is 1. The zero-order valence-corrected chi connectivity index (χ0v) is 15.0. The van der Waals surface area contributed by atoms with Crippen molar-refractivity contribution in [3.05, 3.63) is 54.3 Å². The molecule has 6 heteroatoms. The Bertz CT molecular complexity index is 885. The molecule has 2 rings (SSSR count). The average Bonchev–Trinajstić information content (AvgIpc) is 2.61. The van der Waals surface area contributed by atoms with Crippen molar-refractivity contribution in [3.63, 3.8) is 0 Å². The van der Waals surface area contributed by atoms with E-state index in [1.807, 2.05) is 6.92 Å². The molecule has 6 nitrogen and oxygen atoms in total. The number of fused-ring (bicyclic) bond motifs is 1. The Morgan fingerprint density at radius 2 is 1.92 bits per heavy atom. The Kier molecular flexibility index (Phi) is 5.97. The fourth-order valence-electron chi connectivity index (χ4n) is 2.61. The SMILES string of the molecule is C=C(C)O[C@H](C)[C@@H](C)NC(=O)N(C=O)c1ccc(C#N)c2ccccc12. The third kappa shape index (κ3) is 4.01. The molecule has 0 aliphatic heterocycles. The van der Waals surface area contributed by atoms with Gasteiger partial charge >= 0.3 is 6.03 Å². The molecule has 1 N–H and O–H groups in total. The molecule has 0 fully saturated rings. The number of anilines is 1. The van der Waals surface area contributed by atoms with Gasteiger partial charge in [-0.3, -0.25) is 4.79 Å². The van der Waals surface area contributed by atoms with Gasteiger partial charge in [0.2, 0.25) is 6.41 Å². The molecule has 2 aromatic carbocycles. The van der Waals surface area contributed by atoms with Crippen molar-refractivity contribution in [1.82, 2.24) is 5.32 Å². The van der Waals surface area contributed by atoms with Gasteiger partial charge in [0, 0.05) is 10.8 Å². The highest BCUT2D eigenvalue weighted by atomic mass is 16.5. The van der Waals surface area contributed by atoms with Crippen LogP contribution >= 0.6 is 0 Å². The highest BCUT2D eigenvalue weighted by Crippen LogP contribution is 2.29. The van der Waals surface area contributed by atoms with Crippen LogP contribution in [0.1, 0.15) is 26.3 Å². The number of hydrogen-bond acceptors (Lipinski definition) is 4. The molecule has 0 bridgehead atoms. The molecular formula is C20H21N3O3. The minimum atomic E-state index is -0.570. The molecule has 26 heavy (non-hydrogen) atoms. The van der Waals surface area contributed by atoms with Crippen molar-refractivity contribution in [2.45, 2.75) is 32.9 Å². The van der Waals surface area contributed by atoms with Crippen LogP contribution in [-0.2, 0) is 9.53 Å². The molecule has 3 amide bonds. The lowest BCUT2D eigenvalue weighted by Gasteiger charge is -2.25. The number of rotatable bonds is 6. The third-order valence-electron chi connectivity index (χ3n) is 4.05. The Morgan fingerprint density at radius 1 is 1.27 bits per heavy atom. The number of carbonyl (C=O) groups is 2. The molecule has 0 saturated heterocycles. The van der Waals surface area contributed by atoms with E-state index in [1.165, 1.54) is 0 Å². The molecular weight excluding hydrogens is 330 g/mol. The van der Waals surface area contributed by atoms with Gasteiger partial charge in [-0.2, -0.15) is 5.26 Å². The molecule has 0 saturated carbocycles. The van der Waals surface area contributed by atoms with E-state index < -0.39 is 6.03 Å². The first kappa shape index (κ1) is 19.0. The Hall–Kier alpha value is -3.33. The van der Waals surface area contributed by atoms with Crippen molar-refractivity contribution in [1.29, 1.82) is 5.26 Å². The van der Waals surface area contributed by atoms with Gasteiger partial charge in [-0.25, -0.2) is 9.69 Å². The largest absolute Gasteiger partial charge is 0.494 e. The van der Waals surface area contributed by atoms with Gasteiger partial charge in [-0.05, 0) is 32.9 Å². The van der Waals surface area contributed by atoms with Crippen molar-refractivity contribution < 1.29 is 14.3 Å². The van der Waals surface area contributed by atoms with E-state index in [0.717, 1.165) is 4.90 Å². The number of ether oxygens (including phenoxy) is 1. The molecule has 0 spiro atoms. The second-order valence-electron chi connectivity index (χ2n) is 6.03. The summed E-state index contributed by atoms with van der Waals surface area (Å²) in [5.41, 5.74) is 0.889. The number of hydrogen-bond donors (Lipinski definition) is 1. The Balaban J connectivity index is 2.33. The molecule has 2 aromatic rings. The minimum absolute atomic E-state index is 0.303. The van der Waals surface area contributed by atoms with E-state index in [0.29, 0.717) is 34.2 Å². The molecule has 0 unspecified atom stereocenters. The van der Waals surface area contributed by atoms with Crippen LogP contribution in [0.3, 0.4) is 0 Å². The van der Waals surface area contributed by atoms with Crippen molar-refractivity contribution in [2.75, 3.05) is 4.90 Å². The fraction of sp³-hybridized carbons (Fsp3) is 0.250. The van der Waals surface area contributed by atoms with E-state index in [4.69, 9.17) is 4.74 Å². The minimum Gasteiger partial charge on any atom is -0.494 e. The van der Waals surface area contributed by atoms with Gasteiger partial charge in [-0.15, -0.1) is 0 Å². The number of nitrogens with zero attached hydrogens (tertiary/aromatic N) is 2. The van der Waals surface area contributed by atoms with Crippen molar-refractivity contribution in [3.8, 4) is 6.07 Å². The summed E-state index contributed by atoms with van der Waals surface area (Å²) in [6, 6.07) is 11.5. The predicted octanol–water partition coefficient (Wildman–Crippen LogP) is 3.71. The summed E-state index contributed by atoms with van der Waals surface area (Å²) < 4.78 is 5.48. The molecule has 134 valence electrons. The summed E-state index contributed by atoms with van der Waals surface area (Å²) in [5.74, 6) is 0.545. The lowest BCUT2D eigenvalue weighted by molar-refractivity contribution is -0.106. The van der Waals surface area contributed by atoms with E-state index in [9.17, 15) is 14.9 Å². The maximum Gasteiger partial charge on any atom is 0.328 e. The molecule has 0 heterocycles. The zero-order chi connectivity index (χ0) is 19.3. The first-order chi connectivity index (χ1) is 12.4. The number of amides is 3. The lowest BCUT2D eigenvalue weighted by atomic mass is 10.0. The van der Waals surface area contributed by atoms with Crippen LogP contribution < -0.4 is 10.2 Å². The second-order valence-corrected chi connectivity index (χ2v) is 6.03. The lowest BCUT2D eigenvalue weighted by Crippen LogP contribution is -2.47. The van der Waals surface area contributed by atoms with Gasteiger partial charge in [0.05, 0.1) is 29.1 Å². The highest BCUT2D eigenvalue weighted by Gasteiger charge is 2.22. The number of imide groups is 1. The number of urea groups is 1. The standard InChI is InChI=1S/C20H21N3O3/c1-13(2)26-15(4)14(3)22-20(25)23(12-24)19-10-9-16(11-21)17-7-5-6-8-18(17)19/h5-10,12,14-15H,1H2,2-4H3,(H,22,25)/t14-,15-/m1/s1. The summed E-state index contributed by atoms with van der Waals surface area (Å²) in [4.78, 5) is 25.2. The van der Waals surface area contributed by atoms with Crippen LogP contribution in [0.2, 0.25) is 0 Å². The number of nitriles is 1. The monoisotopic (exact) mass is 351 g/mol. The molecule has 0 aromatic heterocycles. The number of benzene rings is 2. The normalized spacial score (nSPS) is 12.5. The topological polar surface area (TPSA) is 82.4 Å². The van der Waals surface area contributed by atoms with Crippen LogP contribution in [-0.4, -0.2) is 24.6 Å². The summed E-state index contributed by atoms with van der Waals surface area (Å²) in [5, 5.41) is 13.3. The molecule has 0 radical (unpaired) electrons. The van der Waals surface area contributed by atoms with Crippen molar-refractivity contribution in [2.24, 2.45) is 0 Å². The smallest absolute Gasteiger partial charge is 0.328 e. The van der Waals surface area contributed by atoms with Crippen LogP contribution in [0.25, 0.3) is 10.8 Å². The van der Waals surface area contributed by atoms with Gasteiger partial charge in [0.15, 0.2) is 0 Å². The Labute approximate surface area is 152 Å². The van der Waals surface area contributed by atoms with Gasteiger partial charge < -0.3 is 10.1 Å². The molecule has 0 aliphatic carbocycles. The van der Waals surface area contributed by atoms with Gasteiger partial charge in [0.25, 0.3) is 0 Å². The van der Waals surface area contributed by atoms with Crippen LogP contribution in [0.15, 0.2) is 48.7 Å². The summed E-state index contributed by atoms with van der Waals surface area (Å²) in [7, 11) is 0. The molecule has 0 aliphatic rings. The quantitative estimate of drug-likeness (QED) is 0.635. The van der Waals surface area contributed by atoms with Crippen LogP contribution in [0.4, 0.5) is 10.5 Å². The zero-order valence-electron chi connectivity index (χ0n) is 15.0. The average molecular weight is 351 g/mol. The predicted molar refractivity (Wildman–Crippen MR) is 101 cm³/mol. The molecule has 2 atom stereocenters. The number of nitrogens with one attached hydrogen (secondary N) is 1. The highest BCUT2D eigenvalue weighted by molar-refractivity contribution is 6.13. The maximum atomic E-state index is 12.6. The van der Waals surface area contributed by atoms with Crippen LogP contribution in [0.5, 0.6) is 0 Å². The van der Waals surface area contributed by atoms with Gasteiger partial charge in [0.1, 0.15) is 6.10 Å². The first-order valence-corrected chi connectivity index (χ1v) is 8.18. The van der Waals surface area contributed by atoms with E-state index in [-0.39, 0.29) is 12.1 Å². The van der Waals surface area contributed by atoms with Gasteiger partial charge in [-0.1, -0.05) is 30.8 Å².